The van der Waals surface area contributed by atoms with E-state index < -0.39 is 6.61 Å². The van der Waals surface area contributed by atoms with Crippen LogP contribution >= 0.6 is 35.6 Å². The van der Waals surface area contributed by atoms with Gasteiger partial charge in [0.05, 0.1) is 0 Å². The van der Waals surface area contributed by atoms with Crippen LogP contribution in [-0.4, -0.2) is 50.2 Å². The second-order valence-electron chi connectivity index (χ2n) is 5.86. The van der Waals surface area contributed by atoms with Crippen molar-refractivity contribution in [3.8, 4) is 5.75 Å². The van der Waals surface area contributed by atoms with E-state index >= 15 is 0 Å². The molecule has 1 unspecified atom stereocenters. The van der Waals surface area contributed by atoms with Gasteiger partial charge in [-0.2, -0.15) is 8.78 Å². The molecule has 2 N–H and O–H groups in total. The van der Waals surface area contributed by atoms with Crippen molar-refractivity contribution in [3.05, 3.63) is 28.8 Å². The molecule has 1 aromatic carbocycles. The van der Waals surface area contributed by atoms with Crippen molar-refractivity contribution >= 4 is 41.5 Å². The first-order valence-corrected chi connectivity index (χ1v) is 8.83. The zero-order chi connectivity index (χ0) is 18.2. The highest BCUT2D eigenvalue weighted by Crippen LogP contribution is 2.24. The third-order valence-electron chi connectivity index (χ3n) is 4.32. The molecule has 0 aromatic heterocycles. The molecule has 1 heterocycles. The van der Waals surface area contributed by atoms with E-state index in [0.717, 1.165) is 19.6 Å². The van der Waals surface area contributed by atoms with E-state index in [0.29, 0.717) is 22.6 Å². The predicted octanol–water partition coefficient (Wildman–Crippen LogP) is 3.71. The number of alkyl halides is 2. The summed E-state index contributed by atoms with van der Waals surface area (Å²) in [6.07, 6.45) is 2.38. The van der Waals surface area contributed by atoms with Crippen molar-refractivity contribution in [1.82, 2.24) is 15.5 Å². The second-order valence-corrected chi connectivity index (χ2v) is 6.30. The molecule has 2 rings (SSSR count). The molecular formula is C17H26ClF2IN4O. The number of hydrogen-bond acceptors (Lipinski definition) is 3. The average Bonchev–Trinajstić information content (AvgIpc) is 3.04. The molecule has 1 aliphatic heterocycles. The number of halogens is 4. The van der Waals surface area contributed by atoms with Gasteiger partial charge in [0.15, 0.2) is 5.96 Å². The number of rotatable bonds is 7. The minimum Gasteiger partial charge on any atom is -0.434 e. The standard InChI is InChI=1S/C17H25ClF2N4O.HI/c1-3-24-8-4-5-14(24)11-23-17(21-2)22-10-12-9-13(18)6-7-15(12)25-16(19)20;/h6-7,9,14,16H,3-5,8,10-11H2,1-2H3,(H2,21,22,23);1H. The molecular weight excluding hydrogens is 477 g/mol. The fraction of sp³-hybridized carbons (Fsp3) is 0.588. The lowest BCUT2D eigenvalue weighted by Gasteiger charge is -2.24. The summed E-state index contributed by atoms with van der Waals surface area (Å²) in [5.41, 5.74) is 0.548. The topological polar surface area (TPSA) is 48.9 Å². The van der Waals surface area contributed by atoms with Gasteiger partial charge in [-0.15, -0.1) is 24.0 Å². The zero-order valence-corrected chi connectivity index (χ0v) is 18.1. The lowest BCUT2D eigenvalue weighted by molar-refractivity contribution is -0.0504. The maximum Gasteiger partial charge on any atom is 0.387 e. The van der Waals surface area contributed by atoms with E-state index in [1.165, 1.54) is 25.0 Å². The van der Waals surface area contributed by atoms with Crippen molar-refractivity contribution in [2.45, 2.75) is 39.0 Å². The first-order valence-electron chi connectivity index (χ1n) is 8.45. The molecule has 1 aromatic rings. The Balaban J connectivity index is 0.00000338. The monoisotopic (exact) mass is 502 g/mol. The molecule has 148 valence electrons. The Kier molecular flexibility index (Phi) is 10.5. The molecule has 9 heteroatoms. The Labute approximate surface area is 175 Å². The van der Waals surface area contributed by atoms with Gasteiger partial charge in [0.2, 0.25) is 0 Å². The van der Waals surface area contributed by atoms with E-state index in [4.69, 9.17) is 11.6 Å². The molecule has 1 aliphatic rings. The van der Waals surface area contributed by atoms with Gasteiger partial charge in [0.1, 0.15) is 5.75 Å². The molecule has 5 nitrogen and oxygen atoms in total. The van der Waals surface area contributed by atoms with Crippen LogP contribution in [0.2, 0.25) is 5.02 Å². The highest BCUT2D eigenvalue weighted by Gasteiger charge is 2.22. The van der Waals surface area contributed by atoms with Gasteiger partial charge in [0.25, 0.3) is 0 Å². The number of nitrogens with one attached hydrogen (secondary N) is 2. The summed E-state index contributed by atoms with van der Waals surface area (Å²) < 4.78 is 29.6. The molecule has 0 amide bonds. The Bertz CT molecular complexity index is 592. The highest BCUT2D eigenvalue weighted by atomic mass is 127. The average molecular weight is 503 g/mol. The summed E-state index contributed by atoms with van der Waals surface area (Å²) in [4.78, 5) is 6.62. The van der Waals surface area contributed by atoms with Crippen LogP contribution in [0.25, 0.3) is 0 Å². The number of hydrogen-bond donors (Lipinski definition) is 2. The Morgan fingerprint density at radius 2 is 2.19 bits per heavy atom. The number of ether oxygens (including phenoxy) is 1. The lowest BCUT2D eigenvalue weighted by Crippen LogP contribution is -2.44. The number of likely N-dealkylation sites (tertiary alicyclic amines) is 1. The summed E-state index contributed by atoms with van der Waals surface area (Å²) in [7, 11) is 1.68. The number of guanidine groups is 1. The summed E-state index contributed by atoms with van der Waals surface area (Å²) >= 11 is 5.96. The van der Waals surface area contributed by atoms with Gasteiger partial charge in [-0.25, -0.2) is 0 Å². The normalized spacial score (nSPS) is 17.9. The number of benzene rings is 1. The van der Waals surface area contributed by atoms with Crippen LogP contribution in [-0.2, 0) is 6.54 Å². The smallest absolute Gasteiger partial charge is 0.387 e. The second kappa shape index (κ2) is 11.8. The molecule has 1 fully saturated rings. The molecule has 0 aliphatic carbocycles. The predicted molar refractivity (Wildman–Crippen MR) is 112 cm³/mol. The first-order chi connectivity index (χ1) is 12.0. The molecule has 26 heavy (non-hydrogen) atoms. The Morgan fingerprint density at radius 3 is 2.85 bits per heavy atom. The molecule has 0 radical (unpaired) electrons. The Hall–Kier alpha value is -0.870. The van der Waals surface area contributed by atoms with E-state index in [2.05, 4.69) is 32.2 Å². The SMILES string of the molecule is CCN1CCCC1CNC(=NC)NCc1cc(Cl)ccc1OC(F)F.I. The fourth-order valence-electron chi connectivity index (χ4n) is 3.05. The summed E-state index contributed by atoms with van der Waals surface area (Å²) in [6.45, 7) is 2.53. The van der Waals surface area contributed by atoms with Crippen molar-refractivity contribution in [3.63, 3.8) is 0 Å². The molecule has 1 atom stereocenters. The highest BCUT2D eigenvalue weighted by molar-refractivity contribution is 14.0. The van der Waals surface area contributed by atoms with Crippen LogP contribution in [0, 0.1) is 0 Å². The third kappa shape index (κ3) is 7.03. The zero-order valence-electron chi connectivity index (χ0n) is 15.0. The summed E-state index contributed by atoms with van der Waals surface area (Å²) in [6, 6.07) is 5.07. The van der Waals surface area contributed by atoms with Crippen molar-refractivity contribution in [1.29, 1.82) is 0 Å². The molecule has 0 saturated carbocycles. The van der Waals surface area contributed by atoms with Gasteiger partial charge in [-0.05, 0) is 44.1 Å². The number of aliphatic imine (C=N–C) groups is 1. The van der Waals surface area contributed by atoms with E-state index in [1.807, 2.05) is 0 Å². The van der Waals surface area contributed by atoms with Crippen LogP contribution in [0.15, 0.2) is 23.2 Å². The number of likely N-dealkylation sites (N-methyl/N-ethyl adjacent to an activating group) is 1. The molecule has 1 saturated heterocycles. The van der Waals surface area contributed by atoms with Gasteiger partial charge in [-0.3, -0.25) is 9.89 Å². The van der Waals surface area contributed by atoms with Crippen LogP contribution < -0.4 is 15.4 Å². The Morgan fingerprint density at radius 1 is 1.42 bits per heavy atom. The van der Waals surface area contributed by atoms with Crippen LogP contribution in [0.5, 0.6) is 5.75 Å². The van der Waals surface area contributed by atoms with E-state index in [1.54, 1.807) is 13.1 Å². The van der Waals surface area contributed by atoms with Crippen molar-refractivity contribution < 1.29 is 13.5 Å². The quantitative estimate of drug-likeness (QED) is 0.339. The van der Waals surface area contributed by atoms with Crippen LogP contribution in [0.1, 0.15) is 25.3 Å². The third-order valence-corrected chi connectivity index (χ3v) is 4.55. The minimum absolute atomic E-state index is 0. The van der Waals surface area contributed by atoms with Gasteiger partial charge in [-0.1, -0.05) is 18.5 Å². The summed E-state index contributed by atoms with van der Waals surface area (Å²) in [5, 5.41) is 6.88. The van der Waals surface area contributed by atoms with E-state index in [-0.39, 0.29) is 36.3 Å². The van der Waals surface area contributed by atoms with Crippen molar-refractivity contribution in [2.24, 2.45) is 4.99 Å². The van der Waals surface area contributed by atoms with Gasteiger partial charge in [0, 0.05) is 36.8 Å². The molecule has 0 bridgehead atoms. The molecule has 0 spiro atoms. The largest absolute Gasteiger partial charge is 0.434 e. The van der Waals surface area contributed by atoms with Crippen LogP contribution in [0.4, 0.5) is 8.78 Å². The number of nitrogens with zero attached hydrogens (tertiary/aromatic N) is 2. The lowest BCUT2D eigenvalue weighted by atomic mass is 10.2. The maximum atomic E-state index is 12.5. The maximum absolute atomic E-state index is 12.5. The van der Waals surface area contributed by atoms with Gasteiger partial charge < -0.3 is 15.4 Å². The van der Waals surface area contributed by atoms with Gasteiger partial charge >= 0.3 is 6.61 Å². The van der Waals surface area contributed by atoms with E-state index in [9.17, 15) is 8.78 Å². The van der Waals surface area contributed by atoms with Crippen LogP contribution in [0.3, 0.4) is 0 Å². The van der Waals surface area contributed by atoms with Crippen molar-refractivity contribution in [2.75, 3.05) is 26.7 Å². The minimum atomic E-state index is -2.88. The summed E-state index contributed by atoms with van der Waals surface area (Å²) in [5.74, 6) is 0.723. The fourth-order valence-corrected chi connectivity index (χ4v) is 3.25. The first kappa shape index (κ1) is 23.2.